The van der Waals surface area contributed by atoms with Gasteiger partial charge in [-0.05, 0) is 25.8 Å². The fraction of sp³-hybridized carbons (Fsp3) is 0.429. The van der Waals surface area contributed by atoms with E-state index < -0.39 is 26.4 Å². The highest BCUT2D eigenvalue weighted by Crippen LogP contribution is 2.38. The molecule has 0 aliphatic heterocycles. The van der Waals surface area contributed by atoms with Gasteiger partial charge in [0.05, 0.1) is 18.1 Å². The van der Waals surface area contributed by atoms with E-state index in [1.165, 1.54) is 12.3 Å². The Balaban J connectivity index is 2.88. The zero-order chi connectivity index (χ0) is 19.2. The average molecular weight is 376 g/mol. The van der Waals surface area contributed by atoms with Crippen LogP contribution < -0.4 is 5.73 Å². The maximum atomic E-state index is 10.8. The predicted molar refractivity (Wildman–Crippen MR) is 86.7 cm³/mol. The monoisotopic (exact) mass is 376 g/mol. The van der Waals surface area contributed by atoms with E-state index in [2.05, 4.69) is 9.51 Å². The summed E-state index contributed by atoms with van der Waals surface area (Å²) in [4.78, 5) is 32.1. The van der Waals surface area contributed by atoms with Crippen LogP contribution in [0.2, 0.25) is 0 Å². The molecular weight excluding hydrogens is 355 g/mol. The number of nitrogens with two attached hydrogens (primary N) is 1. The molecule has 7 N–H and O–H groups in total. The molecule has 0 saturated carbocycles. The number of allylic oxidation sites excluding steroid dienone is 2. The lowest BCUT2D eigenvalue weighted by Gasteiger charge is -2.12. The third kappa shape index (κ3) is 7.20. The molecule has 1 aromatic heterocycles. The van der Waals surface area contributed by atoms with E-state index in [9.17, 15) is 19.6 Å². The first-order valence-corrected chi connectivity index (χ1v) is 8.77. The summed E-state index contributed by atoms with van der Waals surface area (Å²) in [7, 11) is -4.69. The van der Waals surface area contributed by atoms with E-state index in [0.29, 0.717) is 5.69 Å². The number of rotatable bonds is 9. The molecule has 0 unspecified atom stereocenters. The molecule has 0 fully saturated rings. The number of aryl methyl sites for hydroxylation is 1. The third-order valence-corrected chi connectivity index (χ3v) is 3.85. The number of carboxylic acid groups (broad SMARTS) is 1. The maximum Gasteiger partial charge on any atom is 0.469 e. The van der Waals surface area contributed by atoms with Crippen molar-refractivity contribution in [2.75, 3.05) is 0 Å². The Morgan fingerprint density at radius 1 is 1.44 bits per heavy atom. The van der Waals surface area contributed by atoms with Crippen LogP contribution in [0.25, 0.3) is 0 Å². The van der Waals surface area contributed by atoms with Crippen molar-refractivity contribution in [3.63, 3.8) is 0 Å². The Hall–Kier alpha value is -1.97. The second-order valence-corrected chi connectivity index (χ2v) is 6.58. The number of aromatic nitrogens is 1. The summed E-state index contributed by atoms with van der Waals surface area (Å²) >= 11 is 0. The molecule has 0 saturated heterocycles. The van der Waals surface area contributed by atoms with Gasteiger partial charge in [-0.3, -0.25) is 14.3 Å². The van der Waals surface area contributed by atoms with Gasteiger partial charge >= 0.3 is 13.8 Å². The summed E-state index contributed by atoms with van der Waals surface area (Å²) < 4.78 is 15.2. The quantitative estimate of drug-likeness (QED) is 0.267. The highest BCUT2D eigenvalue weighted by molar-refractivity contribution is 7.46. The summed E-state index contributed by atoms with van der Waals surface area (Å²) in [6.45, 7) is 1.07. The normalized spacial score (nSPS) is 13.7. The second-order valence-electron chi connectivity index (χ2n) is 5.34. The van der Waals surface area contributed by atoms with E-state index in [1.54, 1.807) is 6.92 Å². The number of hydrogen-bond donors (Lipinski definition) is 6. The van der Waals surface area contributed by atoms with Crippen molar-refractivity contribution in [2.24, 2.45) is 5.73 Å². The molecule has 1 aromatic rings. The molecule has 0 radical (unpaired) electrons. The van der Waals surface area contributed by atoms with Gasteiger partial charge in [-0.1, -0.05) is 0 Å². The Morgan fingerprint density at radius 3 is 2.64 bits per heavy atom. The summed E-state index contributed by atoms with van der Waals surface area (Å²) in [6, 6.07) is -1.10. The second kappa shape index (κ2) is 8.93. The van der Waals surface area contributed by atoms with Crippen LogP contribution in [0, 0.1) is 6.92 Å². The number of carbonyl (C=O) groups is 1. The van der Waals surface area contributed by atoms with Gasteiger partial charge in [0.15, 0.2) is 0 Å². The Labute approximate surface area is 143 Å². The Bertz CT molecular complexity index is 700. The minimum atomic E-state index is -4.69. The van der Waals surface area contributed by atoms with Crippen molar-refractivity contribution in [1.82, 2.24) is 4.98 Å². The van der Waals surface area contributed by atoms with Gasteiger partial charge in [-0.15, -0.1) is 0 Å². The van der Waals surface area contributed by atoms with Gasteiger partial charge in [0.25, 0.3) is 0 Å². The van der Waals surface area contributed by atoms with Crippen LogP contribution in [-0.2, 0) is 26.9 Å². The zero-order valence-electron chi connectivity index (χ0n) is 13.5. The van der Waals surface area contributed by atoms with Gasteiger partial charge in [-0.25, -0.2) is 4.57 Å². The van der Waals surface area contributed by atoms with E-state index in [0.717, 1.165) is 0 Å². The zero-order valence-corrected chi connectivity index (χ0v) is 14.4. The molecule has 1 rings (SSSR count). The molecule has 25 heavy (non-hydrogen) atoms. The van der Waals surface area contributed by atoms with Crippen LogP contribution in [-0.4, -0.2) is 42.1 Å². The summed E-state index contributed by atoms with van der Waals surface area (Å²) in [5.74, 6) is -1.47. The van der Waals surface area contributed by atoms with Crippen LogP contribution >= 0.6 is 7.82 Å². The fourth-order valence-corrected chi connectivity index (χ4v) is 2.25. The minimum absolute atomic E-state index is 0.0309. The number of phosphoric acid groups is 1. The summed E-state index contributed by atoms with van der Waals surface area (Å²) in [5, 5.41) is 28.6. The summed E-state index contributed by atoms with van der Waals surface area (Å²) in [6.07, 6.45) is 2.76. The lowest BCUT2D eigenvalue weighted by Crippen LogP contribution is -2.29. The average Bonchev–Trinajstić information content (AvgIpc) is 2.51. The van der Waals surface area contributed by atoms with Crippen molar-refractivity contribution in [1.29, 1.82) is 0 Å². The standard InChI is InChI=1S/C14H21N2O8P/c1-8-13(18)11(9(6-16-8)7-24-25(21,22)23)4-2-10(17)3-5-12(15)14(19)20/h2,6,12,17-18H,3-5,7,15H2,1H3,(H,19,20)(H2,21,22,23)/b10-2-/t12-/m0/s1. The summed E-state index contributed by atoms with van der Waals surface area (Å²) in [5.41, 5.74) is 6.18. The van der Waals surface area contributed by atoms with E-state index in [4.69, 9.17) is 20.6 Å². The minimum Gasteiger partial charge on any atom is -0.513 e. The highest BCUT2D eigenvalue weighted by Gasteiger charge is 2.18. The molecule has 11 heteroatoms. The Kier molecular flexibility index (Phi) is 7.53. The smallest absolute Gasteiger partial charge is 0.469 e. The molecule has 0 amide bonds. The number of aliphatic hydroxyl groups excluding tert-OH is 1. The van der Waals surface area contributed by atoms with Gasteiger partial charge in [0.1, 0.15) is 11.8 Å². The van der Waals surface area contributed by atoms with Crippen LogP contribution in [0.3, 0.4) is 0 Å². The first kappa shape index (κ1) is 21.1. The molecule has 0 aliphatic rings. The molecule has 0 spiro atoms. The fourth-order valence-electron chi connectivity index (χ4n) is 1.94. The van der Waals surface area contributed by atoms with Crippen LogP contribution in [0.4, 0.5) is 0 Å². The number of aromatic hydroxyl groups is 1. The first-order chi connectivity index (χ1) is 11.5. The van der Waals surface area contributed by atoms with Gasteiger partial charge < -0.3 is 30.8 Å². The Morgan fingerprint density at radius 2 is 2.08 bits per heavy atom. The predicted octanol–water partition coefficient (Wildman–Crippen LogP) is 0.881. The lowest BCUT2D eigenvalue weighted by atomic mass is 10.0. The molecule has 0 bridgehead atoms. The number of aliphatic carboxylic acids is 1. The lowest BCUT2D eigenvalue weighted by molar-refractivity contribution is -0.138. The van der Waals surface area contributed by atoms with Gasteiger partial charge in [-0.2, -0.15) is 0 Å². The van der Waals surface area contributed by atoms with E-state index in [1.807, 2.05) is 0 Å². The molecular formula is C14H21N2O8P. The molecule has 1 atom stereocenters. The molecule has 10 nitrogen and oxygen atoms in total. The molecule has 1 heterocycles. The topological polar surface area (TPSA) is 183 Å². The van der Waals surface area contributed by atoms with Crippen LogP contribution in [0.15, 0.2) is 18.0 Å². The largest absolute Gasteiger partial charge is 0.513 e. The van der Waals surface area contributed by atoms with Crippen molar-refractivity contribution in [3.8, 4) is 5.75 Å². The maximum absolute atomic E-state index is 10.8. The van der Waals surface area contributed by atoms with Gasteiger partial charge in [0, 0.05) is 23.7 Å². The third-order valence-electron chi connectivity index (χ3n) is 3.39. The van der Waals surface area contributed by atoms with Crippen LogP contribution in [0.1, 0.15) is 29.7 Å². The van der Waals surface area contributed by atoms with Crippen LogP contribution in [0.5, 0.6) is 5.75 Å². The number of carboxylic acids is 1. The number of aliphatic hydroxyl groups is 1. The van der Waals surface area contributed by atoms with E-state index in [-0.39, 0.29) is 41.9 Å². The first-order valence-electron chi connectivity index (χ1n) is 7.24. The number of nitrogens with zero attached hydrogens (tertiary/aromatic N) is 1. The van der Waals surface area contributed by atoms with Crippen molar-refractivity contribution >= 4 is 13.8 Å². The number of hydrogen-bond acceptors (Lipinski definition) is 7. The number of phosphoric ester groups is 1. The van der Waals surface area contributed by atoms with Crippen molar-refractivity contribution in [2.45, 2.75) is 38.8 Å². The van der Waals surface area contributed by atoms with Gasteiger partial charge in [0.2, 0.25) is 0 Å². The SMILES string of the molecule is Cc1ncc(COP(=O)(O)O)c(C/C=C(\O)CC[C@H](N)C(=O)O)c1O. The molecule has 0 aliphatic carbocycles. The van der Waals surface area contributed by atoms with E-state index >= 15 is 0 Å². The number of pyridine rings is 1. The highest BCUT2D eigenvalue weighted by atomic mass is 31.2. The van der Waals surface area contributed by atoms with Crippen molar-refractivity contribution < 1.29 is 39.0 Å². The van der Waals surface area contributed by atoms with Crippen molar-refractivity contribution in [3.05, 3.63) is 34.9 Å². The molecule has 0 aromatic carbocycles. The molecule has 140 valence electrons.